The number of benzene rings is 1. The SMILES string of the molecule is Cc1cc(N)nn1C(=O)CSc1nc(NCC2CCCO2)c2ccccc2n1. The van der Waals surface area contributed by atoms with Crippen LogP contribution >= 0.6 is 11.8 Å². The van der Waals surface area contributed by atoms with Gasteiger partial charge in [0.25, 0.3) is 5.91 Å². The van der Waals surface area contributed by atoms with Gasteiger partial charge in [-0.05, 0) is 31.9 Å². The minimum Gasteiger partial charge on any atom is -0.382 e. The average Bonchev–Trinajstić information content (AvgIpc) is 3.33. The molecule has 1 fully saturated rings. The predicted octanol–water partition coefficient (Wildman–Crippen LogP) is 2.74. The highest BCUT2D eigenvalue weighted by molar-refractivity contribution is 7.99. The Labute approximate surface area is 166 Å². The fourth-order valence-corrected chi connectivity index (χ4v) is 3.90. The molecule has 0 amide bonds. The summed E-state index contributed by atoms with van der Waals surface area (Å²) in [5.74, 6) is 1.10. The van der Waals surface area contributed by atoms with Crippen LogP contribution in [0, 0.1) is 6.92 Å². The van der Waals surface area contributed by atoms with Gasteiger partial charge < -0.3 is 15.8 Å². The van der Waals surface area contributed by atoms with E-state index >= 15 is 0 Å². The van der Waals surface area contributed by atoms with Crippen LogP contribution in [0.4, 0.5) is 11.6 Å². The van der Waals surface area contributed by atoms with Crippen molar-refractivity contribution in [3.05, 3.63) is 36.0 Å². The van der Waals surface area contributed by atoms with Gasteiger partial charge in [0.2, 0.25) is 0 Å². The molecule has 3 heterocycles. The van der Waals surface area contributed by atoms with Crippen LogP contribution in [0.5, 0.6) is 0 Å². The number of carbonyl (C=O) groups is 1. The number of ether oxygens (including phenoxy) is 1. The summed E-state index contributed by atoms with van der Waals surface area (Å²) in [6.45, 7) is 3.32. The van der Waals surface area contributed by atoms with E-state index in [4.69, 9.17) is 10.5 Å². The molecule has 0 saturated carbocycles. The number of fused-ring (bicyclic) bond motifs is 1. The van der Waals surface area contributed by atoms with Crippen LogP contribution in [-0.2, 0) is 4.74 Å². The second kappa shape index (κ2) is 8.15. The molecule has 8 nitrogen and oxygen atoms in total. The van der Waals surface area contributed by atoms with Gasteiger partial charge in [0.05, 0.1) is 17.4 Å². The maximum atomic E-state index is 12.4. The maximum absolute atomic E-state index is 12.4. The molecule has 0 spiro atoms. The Morgan fingerprint density at radius 2 is 2.25 bits per heavy atom. The first-order valence-corrected chi connectivity index (χ1v) is 10.2. The number of nitrogens with zero attached hydrogens (tertiary/aromatic N) is 4. The van der Waals surface area contributed by atoms with E-state index in [9.17, 15) is 4.79 Å². The predicted molar refractivity (Wildman–Crippen MR) is 110 cm³/mol. The number of nitrogens with two attached hydrogens (primary N) is 1. The largest absolute Gasteiger partial charge is 0.382 e. The molecule has 0 bridgehead atoms. The second-order valence-corrected chi connectivity index (χ2v) is 7.64. The number of carbonyl (C=O) groups excluding carboxylic acids is 1. The minimum atomic E-state index is -0.162. The highest BCUT2D eigenvalue weighted by Crippen LogP contribution is 2.25. The van der Waals surface area contributed by atoms with Crippen LogP contribution in [0.3, 0.4) is 0 Å². The molecular weight excluding hydrogens is 376 g/mol. The zero-order valence-corrected chi connectivity index (χ0v) is 16.4. The Morgan fingerprint density at radius 3 is 3.00 bits per heavy atom. The molecule has 28 heavy (non-hydrogen) atoms. The monoisotopic (exact) mass is 398 g/mol. The van der Waals surface area contributed by atoms with Crippen LogP contribution in [0.15, 0.2) is 35.5 Å². The van der Waals surface area contributed by atoms with Crippen LogP contribution in [0.1, 0.15) is 23.3 Å². The van der Waals surface area contributed by atoms with E-state index < -0.39 is 0 Å². The minimum absolute atomic E-state index is 0.162. The molecule has 1 atom stereocenters. The summed E-state index contributed by atoms with van der Waals surface area (Å²) in [5.41, 5.74) is 7.20. The molecule has 1 unspecified atom stereocenters. The third-order valence-electron chi connectivity index (χ3n) is 4.57. The molecule has 3 N–H and O–H groups in total. The number of nitrogen functional groups attached to an aromatic ring is 1. The summed E-state index contributed by atoms with van der Waals surface area (Å²) < 4.78 is 7.00. The Kier molecular flexibility index (Phi) is 5.45. The summed E-state index contributed by atoms with van der Waals surface area (Å²) in [6, 6.07) is 9.50. The standard InChI is InChI=1S/C19H22N6O2S/c1-12-9-16(20)24-25(12)17(26)11-28-19-22-15-7-3-2-6-14(15)18(23-19)21-10-13-5-4-8-27-13/h2-3,6-7,9,13H,4-5,8,10-11H2,1H3,(H2,20,24)(H,21,22,23). The van der Waals surface area contributed by atoms with Crippen LogP contribution < -0.4 is 11.1 Å². The van der Waals surface area contributed by atoms with Gasteiger partial charge in [0.15, 0.2) is 5.16 Å². The highest BCUT2D eigenvalue weighted by Gasteiger charge is 2.17. The number of nitrogens with one attached hydrogen (secondary N) is 1. The normalized spacial score (nSPS) is 16.5. The Hall–Kier alpha value is -2.65. The van der Waals surface area contributed by atoms with Crippen molar-refractivity contribution >= 4 is 40.2 Å². The maximum Gasteiger partial charge on any atom is 0.257 e. The molecule has 0 aliphatic carbocycles. The van der Waals surface area contributed by atoms with E-state index in [1.165, 1.54) is 16.4 Å². The summed E-state index contributed by atoms with van der Waals surface area (Å²) in [7, 11) is 0. The van der Waals surface area contributed by atoms with E-state index in [1.54, 1.807) is 13.0 Å². The number of thioether (sulfide) groups is 1. The van der Waals surface area contributed by atoms with Gasteiger partial charge in [-0.25, -0.2) is 14.6 Å². The zero-order chi connectivity index (χ0) is 19.5. The lowest BCUT2D eigenvalue weighted by Crippen LogP contribution is -2.19. The van der Waals surface area contributed by atoms with E-state index in [1.807, 2.05) is 24.3 Å². The van der Waals surface area contributed by atoms with Gasteiger partial charge in [-0.2, -0.15) is 0 Å². The fraction of sp³-hybridized carbons (Fsp3) is 0.368. The first kappa shape index (κ1) is 18.7. The molecule has 146 valence electrons. The van der Waals surface area contributed by atoms with E-state index in [-0.39, 0.29) is 17.8 Å². The van der Waals surface area contributed by atoms with Crippen LogP contribution in [0.25, 0.3) is 10.9 Å². The number of hydrogen-bond acceptors (Lipinski definition) is 8. The molecule has 9 heteroatoms. The first-order valence-electron chi connectivity index (χ1n) is 9.20. The molecule has 1 aliphatic rings. The summed E-state index contributed by atoms with van der Waals surface area (Å²) in [4.78, 5) is 21.7. The number of para-hydroxylation sites is 1. The lowest BCUT2D eigenvalue weighted by Gasteiger charge is -2.14. The number of aromatic nitrogens is 4. The van der Waals surface area contributed by atoms with Crippen molar-refractivity contribution in [1.82, 2.24) is 19.7 Å². The van der Waals surface area contributed by atoms with Crippen LogP contribution in [-0.4, -0.2) is 50.7 Å². The molecule has 4 rings (SSSR count). The van der Waals surface area contributed by atoms with Crippen molar-refractivity contribution in [3.8, 4) is 0 Å². The van der Waals surface area contributed by atoms with Gasteiger partial charge in [-0.3, -0.25) is 4.79 Å². The van der Waals surface area contributed by atoms with Gasteiger partial charge in [0.1, 0.15) is 11.6 Å². The topological polar surface area (TPSA) is 108 Å². The Morgan fingerprint density at radius 1 is 1.39 bits per heavy atom. The number of aryl methyl sites for hydroxylation is 1. The molecule has 2 aromatic heterocycles. The lowest BCUT2D eigenvalue weighted by atomic mass is 10.2. The summed E-state index contributed by atoms with van der Waals surface area (Å²) >= 11 is 1.28. The number of rotatable bonds is 6. The van der Waals surface area contributed by atoms with Crippen LogP contribution in [0.2, 0.25) is 0 Å². The second-order valence-electron chi connectivity index (χ2n) is 6.69. The molecule has 1 aliphatic heterocycles. The fourth-order valence-electron chi connectivity index (χ4n) is 3.21. The zero-order valence-electron chi connectivity index (χ0n) is 15.6. The summed E-state index contributed by atoms with van der Waals surface area (Å²) in [6.07, 6.45) is 2.36. The van der Waals surface area contributed by atoms with Crippen molar-refractivity contribution in [2.45, 2.75) is 31.0 Å². The van der Waals surface area contributed by atoms with E-state index in [2.05, 4.69) is 20.4 Å². The van der Waals surface area contributed by atoms with Crippen molar-refractivity contribution in [3.63, 3.8) is 0 Å². The lowest BCUT2D eigenvalue weighted by molar-refractivity contribution is 0.0924. The first-order chi connectivity index (χ1) is 13.6. The molecule has 3 aromatic rings. The number of hydrogen-bond donors (Lipinski definition) is 2. The number of anilines is 2. The van der Waals surface area contributed by atoms with Gasteiger partial charge in [-0.1, -0.05) is 23.9 Å². The molecule has 1 aromatic carbocycles. The Bertz CT molecular complexity index is 999. The van der Waals surface area contributed by atoms with Crippen molar-refractivity contribution in [2.75, 3.05) is 30.0 Å². The smallest absolute Gasteiger partial charge is 0.257 e. The molecule has 1 saturated heterocycles. The third-order valence-corrected chi connectivity index (χ3v) is 5.40. The molecular formula is C19H22N6O2S. The van der Waals surface area contributed by atoms with Gasteiger partial charge in [-0.15, -0.1) is 5.10 Å². The van der Waals surface area contributed by atoms with Gasteiger partial charge in [0, 0.05) is 30.3 Å². The van der Waals surface area contributed by atoms with Gasteiger partial charge >= 0.3 is 0 Å². The average molecular weight is 398 g/mol. The van der Waals surface area contributed by atoms with Crippen molar-refractivity contribution in [1.29, 1.82) is 0 Å². The molecule has 0 radical (unpaired) electrons. The quantitative estimate of drug-likeness (QED) is 0.482. The van der Waals surface area contributed by atoms with E-state index in [0.29, 0.717) is 23.2 Å². The Balaban J connectivity index is 1.51. The highest BCUT2D eigenvalue weighted by atomic mass is 32.2. The van der Waals surface area contributed by atoms with Crippen molar-refractivity contribution in [2.24, 2.45) is 0 Å². The third kappa shape index (κ3) is 4.10. The van der Waals surface area contributed by atoms with E-state index in [0.717, 1.165) is 36.2 Å². The van der Waals surface area contributed by atoms with Crippen molar-refractivity contribution < 1.29 is 9.53 Å². The summed E-state index contributed by atoms with van der Waals surface area (Å²) in [5, 5.41) is 8.91.